The van der Waals surface area contributed by atoms with E-state index in [-0.39, 0.29) is 0 Å². The molecule has 102 valence electrons. The average Bonchev–Trinajstić information content (AvgIpc) is 2.56. The van der Waals surface area contributed by atoms with Crippen molar-refractivity contribution in [2.24, 2.45) is 11.8 Å². The van der Waals surface area contributed by atoms with Crippen LogP contribution in [0.3, 0.4) is 0 Å². The summed E-state index contributed by atoms with van der Waals surface area (Å²) < 4.78 is 0. The van der Waals surface area contributed by atoms with Gasteiger partial charge in [-0.1, -0.05) is 39.5 Å². The monoisotopic (exact) mass is 240 g/mol. The van der Waals surface area contributed by atoms with Crippen LogP contribution in [0.25, 0.3) is 0 Å². The molecular formula is C15H32N2. The maximum absolute atomic E-state index is 3.63. The highest BCUT2D eigenvalue weighted by Gasteiger charge is 2.10. The molecule has 2 nitrogen and oxygen atoms in total. The number of hydrogen-bond acceptors (Lipinski definition) is 2. The molecule has 1 aliphatic carbocycles. The fourth-order valence-corrected chi connectivity index (χ4v) is 2.60. The van der Waals surface area contributed by atoms with Crippen molar-refractivity contribution in [2.45, 2.75) is 58.8 Å². The molecule has 2 heteroatoms. The van der Waals surface area contributed by atoms with E-state index in [9.17, 15) is 0 Å². The Balaban J connectivity index is 1.86. The van der Waals surface area contributed by atoms with Crippen molar-refractivity contribution in [1.82, 2.24) is 10.6 Å². The van der Waals surface area contributed by atoms with Crippen molar-refractivity contribution < 1.29 is 0 Å². The predicted octanol–water partition coefficient (Wildman–Crippen LogP) is 3.18. The smallest absolute Gasteiger partial charge is 0.00205 e. The van der Waals surface area contributed by atoms with E-state index in [1.54, 1.807) is 0 Å². The van der Waals surface area contributed by atoms with E-state index in [1.165, 1.54) is 58.0 Å². The highest BCUT2D eigenvalue weighted by molar-refractivity contribution is 4.67. The summed E-state index contributed by atoms with van der Waals surface area (Å²) >= 11 is 0. The second kappa shape index (κ2) is 9.90. The van der Waals surface area contributed by atoms with Gasteiger partial charge in [-0.25, -0.2) is 0 Å². The van der Waals surface area contributed by atoms with E-state index in [1.807, 2.05) is 0 Å². The van der Waals surface area contributed by atoms with Crippen molar-refractivity contribution >= 4 is 0 Å². The minimum atomic E-state index is 0.772. The molecule has 0 radical (unpaired) electrons. The maximum atomic E-state index is 3.63. The van der Waals surface area contributed by atoms with Crippen LogP contribution in [0.1, 0.15) is 58.8 Å². The summed E-state index contributed by atoms with van der Waals surface area (Å²) in [4.78, 5) is 0. The first kappa shape index (κ1) is 15.0. The highest BCUT2D eigenvalue weighted by atomic mass is 14.9. The molecular weight excluding hydrogens is 208 g/mol. The lowest BCUT2D eigenvalue weighted by molar-refractivity contribution is 0.421. The van der Waals surface area contributed by atoms with Gasteiger partial charge in [0.05, 0.1) is 0 Å². The molecule has 0 spiro atoms. The third-order valence-electron chi connectivity index (χ3n) is 3.67. The minimum Gasteiger partial charge on any atom is -0.316 e. The Hall–Kier alpha value is -0.0800. The normalized spacial score (nSPS) is 18.5. The quantitative estimate of drug-likeness (QED) is 0.503. The van der Waals surface area contributed by atoms with Crippen LogP contribution in [0.15, 0.2) is 0 Å². The predicted molar refractivity (Wildman–Crippen MR) is 76.4 cm³/mol. The second-order valence-corrected chi connectivity index (χ2v) is 6.01. The molecule has 0 aromatic rings. The zero-order valence-corrected chi connectivity index (χ0v) is 11.9. The van der Waals surface area contributed by atoms with Crippen LogP contribution in [-0.4, -0.2) is 26.2 Å². The van der Waals surface area contributed by atoms with Crippen LogP contribution in [-0.2, 0) is 0 Å². The molecule has 0 bridgehead atoms. The van der Waals surface area contributed by atoms with Crippen LogP contribution in [0.4, 0.5) is 0 Å². The van der Waals surface area contributed by atoms with Gasteiger partial charge >= 0.3 is 0 Å². The highest BCUT2D eigenvalue weighted by Crippen LogP contribution is 2.21. The molecule has 1 fully saturated rings. The largest absolute Gasteiger partial charge is 0.316 e. The Morgan fingerprint density at radius 1 is 0.941 bits per heavy atom. The third-order valence-corrected chi connectivity index (χ3v) is 3.67. The fraction of sp³-hybridized carbons (Fsp3) is 1.00. The van der Waals surface area contributed by atoms with Gasteiger partial charge in [-0.2, -0.15) is 0 Å². The molecule has 1 aliphatic rings. The van der Waals surface area contributed by atoms with Gasteiger partial charge < -0.3 is 10.6 Å². The van der Waals surface area contributed by atoms with E-state index in [0.29, 0.717) is 0 Å². The van der Waals surface area contributed by atoms with Gasteiger partial charge in [0.15, 0.2) is 0 Å². The third kappa shape index (κ3) is 8.62. The first-order chi connectivity index (χ1) is 8.29. The first-order valence-electron chi connectivity index (χ1n) is 7.70. The topological polar surface area (TPSA) is 24.1 Å². The summed E-state index contributed by atoms with van der Waals surface area (Å²) in [5.41, 5.74) is 0. The summed E-state index contributed by atoms with van der Waals surface area (Å²) in [6.45, 7) is 9.28. The Bertz CT molecular complexity index is 160. The molecule has 0 aromatic carbocycles. The lowest BCUT2D eigenvalue weighted by Crippen LogP contribution is -2.27. The van der Waals surface area contributed by atoms with Gasteiger partial charge in [-0.15, -0.1) is 0 Å². The Kier molecular flexibility index (Phi) is 8.72. The van der Waals surface area contributed by atoms with Crippen LogP contribution < -0.4 is 10.6 Å². The zero-order chi connectivity index (χ0) is 12.3. The van der Waals surface area contributed by atoms with Gasteiger partial charge in [-0.05, 0) is 57.3 Å². The number of hydrogen-bond donors (Lipinski definition) is 2. The van der Waals surface area contributed by atoms with E-state index in [2.05, 4.69) is 24.5 Å². The summed E-state index contributed by atoms with van der Waals surface area (Å²) in [7, 11) is 0. The molecule has 0 unspecified atom stereocenters. The second-order valence-electron chi connectivity index (χ2n) is 6.01. The van der Waals surface area contributed by atoms with Crippen molar-refractivity contribution in [1.29, 1.82) is 0 Å². The Labute approximate surface area is 108 Å². The standard InChI is InChI=1S/C15H32N2/c1-14(2)12-16-10-7-11-17-13-15-8-5-3-4-6-9-15/h14-17H,3-13H2,1-2H3. The van der Waals surface area contributed by atoms with Crippen LogP contribution in [0.5, 0.6) is 0 Å². The molecule has 0 aromatic heterocycles. The summed E-state index contributed by atoms with van der Waals surface area (Å²) in [5.74, 6) is 1.73. The average molecular weight is 240 g/mol. The van der Waals surface area contributed by atoms with E-state index < -0.39 is 0 Å². The van der Waals surface area contributed by atoms with Crippen LogP contribution in [0.2, 0.25) is 0 Å². The Morgan fingerprint density at radius 2 is 1.59 bits per heavy atom. The lowest BCUT2D eigenvalue weighted by atomic mass is 10.0. The zero-order valence-electron chi connectivity index (χ0n) is 11.9. The minimum absolute atomic E-state index is 0.772. The number of nitrogens with one attached hydrogen (secondary N) is 2. The summed E-state index contributed by atoms with van der Waals surface area (Å²) in [5, 5.41) is 7.12. The first-order valence-corrected chi connectivity index (χ1v) is 7.70. The van der Waals surface area contributed by atoms with E-state index in [4.69, 9.17) is 0 Å². The van der Waals surface area contributed by atoms with Gasteiger partial charge in [0.1, 0.15) is 0 Å². The van der Waals surface area contributed by atoms with Crippen molar-refractivity contribution in [3.05, 3.63) is 0 Å². The van der Waals surface area contributed by atoms with Gasteiger partial charge in [-0.3, -0.25) is 0 Å². The number of rotatable bonds is 8. The molecule has 2 N–H and O–H groups in total. The molecule has 0 saturated heterocycles. The summed E-state index contributed by atoms with van der Waals surface area (Å²) in [6.07, 6.45) is 10.0. The maximum Gasteiger partial charge on any atom is -0.00205 e. The van der Waals surface area contributed by atoms with Crippen molar-refractivity contribution in [3.8, 4) is 0 Å². The fourth-order valence-electron chi connectivity index (χ4n) is 2.60. The molecule has 0 heterocycles. The van der Waals surface area contributed by atoms with Crippen LogP contribution in [0, 0.1) is 11.8 Å². The van der Waals surface area contributed by atoms with Gasteiger partial charge in [0.25, 0.3) is 0 Å². The van der Waals surface area contributed by atoms with E-state index >= 15 is 0 Å². The summed E-state index contributed by atoms with van der Waals surface area (Å²) in [6, 6.07) is 0. The molecule has 0 aliphatic heterocycles. The molecule has 17 heavy (non-hydrogen) atoms. The van der Waals surface area contributed by atoms with Gasteiger partial charge in [0.2, 0.25) is 0 Å². The molecule has 0 atom stereocenters. The van der Waals surface area contributed by atoms with Crippen LogP contribution >= 0.6 is 0 Å². The molecule has 0 amide bonds. The van der Waals surface area contributed by atoms with Gasteiger partial charge in [0, 0.05) is 0 Å². The molecule has 1 saturated carbocycles. The van der Waals surface area contributed by atoms with Crippen molar-refractivity contribution in [3.63, 3.8) is 0 Å². The van der Waals surface area contributed by atoms with Crippen molar-refractivity contribution in [2.75, 3.05) is 26.2 Å². The lowest BCUT2D eigenvalue weighted by Gasteiger charge is -2.15. The van der Waals surface area contributed by atoms with E-state index in [0.717, 1.165) is 24.9 Å². The Morgan fingerprint density at radius 3 is 2.24 bits per heavy atom. The molecule has 1 rings (SSSR count). The SMILES string of the molecule is CC(C)CNCCCNCC1CCCCCC1.